The number of alkyl halides is 3. The number of nitrogens with one attached hydrogen (secondary N) is 1. The number of furan rings is 1. The van der Waals surface area contributed by atoms with Crippen molar-refractivity contribution in [1.29, 1.82) is 0 Å². The van der Waals surface area contributed by atoms with Crippen molar-refractivity contribution in [2.24, 2.45) is 0 Å². The fourth-order valence-electron chi connectivity index (χ4n) is 2.05. The Kier molecular flexibility index (Phi) is 5.33. The first-order chi connectivity index (χ1) is 12.8. The number of rotatable bonds is 5. The summed E-state index contributed by atoms with van der Waals surface area (Å²) in [6, 6.07) is 6.57. The van der Waals surface area contributed by atoms with Gasteiger partial charge in [-0.15, -0.1) is 10.2 Å². The molecule has 7 nitrogen and oxygen atoms in total. The molecule has 27 heavy (non-hydrogen) atoms. The first kappa shape index (κ1) is 19.1. The van der Waals surface area contributed by atoms with Crippen molar-refractivity contribution in [3.63, 3.8) is 0 Å². The molecule has 0 saturated carbocycles. The van der Waals surface area contributed by atoms with E-state index in [2.05, 4.69) is 15.5 Å². The number of halogens is 4. The Hall–Kier alpha value is -2.66. The fourth-order valence-corrected chi connectivity index (χ4v) is 3.03. The quantitative estimate of drug-likeness (QED) is 0.483. The molecule has 3 N–H and O–H groups in total. The van der Waals surface area contributed by atoms with Crippen molar-refractivity contribution in [3.8, 4) is 0 Å². The van der Waals surface area contributed by atoms with E-state index in [-0.39, 0.29) is 16.7 Å². The van der Waals surface area contributed by atoms with E-state index in [1.165, 1.54) is 12.3 Å². The maximum Gasteiger partial charge on any atom is 0.417 e. The van der Waals surface area contributed by atoms with Gasteiger partial charge in [-0.05, 0) is 30.3 Å². The van der Waals surface area contributed by atoms with Crippen LogP contribution in [-0.4, -0.2) is 14.9 Å². The van der Waals surface area contributed by atoms with Gasteiger partial charge in [0.15, 0.2) is 0 Å². The van der Waals surface area contributed by atoms with E-state index in [0.29, 0.717) is 11.5 Å². The lowest BCUT2D eigenvalue weighted by molar-refractivity contribution is -0.137. The van der Waals surface area contributed by atoms with Gasteiger partial charge in [-0.2, -0.15) is 17.8 Å². The minimum Gasteiger partial charge on any atom is -0.468 e. The maximum atomic E-state index is 12.9. The van der Waals surface area contributed by atoms with E-state index in [1.807, 2.05) is 0 Å². The largest absolute Gasteiger partial charge is 0.468 e. The van der Waals surface area contributed by atoms with Crippen molar-refractivity contribution >= 4 is 34.9 Å². The molecule has 1 aromatic carbocycles. The van der Waals surface area contributed by atoms with Crippen LogP contribution in [0.25, 0.3) is 0 Å². The standard InChI is InChI=1S/C15H11ClF3N5O2S/c16-11-4-3-8(6-10(11)15(17,18)19)21-12-13(25)24(20)14(23-22-12)27-7-9-2-1-5-26-9/h1-6H,7,20H2,(H,21,22). The first-order valence-electron chi connectivity index (χ1n) is 7.29. The summed E-state index contributed by atoms with van der Waals surface area (Å²) >= 11 is 6.68. The van der Waals surface area contributed by atoms with Crippen LogP contribution in [0, 0.1) is 0 Å². The summed E-state index contributed by atoms with van der Waals surface area (Å²) in [4.78, 5) is 12.3. The summed E-state index contributed by atoms with van der Waals surface area (Å²) < 4.78 is 44.7. The molecule has 0 saturated heterocycles. The molecule has 0 aliphatic carbocycles. The molecular formula is C15H11ClF3N5O2S. The summed E-state index contributed by atoms with van der Waals surface area (Å²) in [6.45, 7) is 0. The average molecular weight is 418 g/mol. The number of benzene rings is 1. The highest BCUT2D eigenvalue weighted by molar-refractivity contribution is 7.98. The molecule has 0 aliphatic rings. The molecule has 0 spiro atoms. The third-order valence-electron chi connectivity index (χ3n) is 3.32. The number of hydrogen-bond acceptors (Lipinski definition) is 7. The summed E-state index contributed by atoms with van der Waals surface area (Å²) in [7, 11) is 0. The van der Waals surface area contributed by atoms with Crippen LogP contribution in [0.2, 0.25) is 5.02 Å². The minimum atomic E-state index is -4.64. The van der Waals surface area contributed by atoms with Gasteiger partial charge in [-0.1, -0.05) is 23.4 Å². The van der Waals surface area contributed by atoms with Gasteiger partial charge in [0.1, 0.15) is 5.76 Å². The van der Waals surface area contributed by atoms with Crippen molar-refractivity contribution in [2.75, 3.05) is 11.2 Å². The zero-order chi connectivity index (χ0) is 19.6. The lowest BCUT2D eigenvalue weighted by Gasteiger charge is -2.12. The van der Waals surface area contributed by atoms with Crippen LogP contribution >= 0.6 is 23.4 Å². The maximum absolute atomic E-state index is 12.9. The van der Waals surface area contributed by atoms with Gasteiger partial charge in [0.25, 0.3) is 0 Å². The number of aromatic nitrogens is 3. The van der Waals surface area contributed by atoms with Gasteiger partial charge in [-0.25, -0.2) is 0 Å². The van der Waals surface area contributed by atoms with Gasteiger partial charge in [-0.3, -0.25) is 4.79 Å². The molecule has 0 fully saturated rings. The molecule has 0 amide bonds. The lowest BCUT2D eigenvalue weighted by Crippen LogP contribution is -2.32. The third kappa shape index (κ3) is 4.37. The molecular weight excluding hydrogens is 407 g/mol. The Morgan fingerprint density at radius 1 is 1.30 bits per heavy atom. The van der Waals surface area contributed by atoms with E-state index in [0.717, 1.165) is 28.6 Å². The molecule has 0 bridgehead atoms. The van der Waals surface area contributed by atoms with Crippen molar-refractivity contribution in [3.05, 3.63) is 63.3 Å². The van der Waals surface area contributed by atoms with Gasteiger partial charge in [0.2, 0.25) is 11.0 Å². The Morgan fingerprint density at radius 2 is 2.07 bits per heavy atom. The highest BCUT2D eigenvalue weighted by atomic mass is 35.5. The topological polar surface area (TPSA) is 99.0 Å². The van der Waals surface area contributed by atoms with E-state index >= 15 is 0 Å². The molecule has 2 aromatic heterocycles. The Balaban J connectivity index is 1.82. The Bertz CT molecular complexity index is 1010. The van der Waals surface area contributed by atoms with Gasteiger partial charge in [0, 0.05) is 5.69 Å². The monoisotopic (exact) mass is 417 g/mol. The molecule has 0 aliphatic heterocycles. The number of nitrogens with two attached hydrogens (primary N) is 1. The first-order valence-corrected chi connectivity index (χ1v) is 8.66. The SMILES string of the molecule is Nn1c(SCc2ccco2)nnc(Nc2ccc(Cl)c(C(F)(F)F)c2)c1=O. The average Bonchev–Trinajstić information content (AvgIpc) is 3.12. The molecule has 2 heterocycles. The number of nitrogens with zero attached hydrogens (tertiary/aromatic N) is 3. The molecule has 0 unspecified atom stereocenters. The van der Waals surface area contributed by atoms with Gasteiger partial charge in [0.05, 0.1) is 22.6 Å². The molecule has 3 aromatic rings. The second-order valence-corrected chi connectivity index (χ2v) is 6.54. The zero-order valence-electron chi connectivity index (χ0n) is 13.3. The summed E-state index contributed by atoms with van der Waals surface area (Å²) in [5.41, 5.74) is -1.83. The molecule has 3 rings (SSSR count). The van der Waals surface area contributed by atoms with E-state index in [4.69, 9.17) is 21.9 Å². The Labute approximate surface area is 159 Å². The second kappa shape index (κ2) is 7.53. The summed E-state index contributed by atoms with van der Waals surface area (Å²) in [6.07, 6.45) is -3.13. The van der Waals surface area contributed by atoms with Crippen LogP contribution in [0.15, 0.2) is 51.0 Å². The van der Waals surface area contributed by atoms with E-state index < -0.39 is 22.3 Å². The predicted molar refractivity (Wildman–Crippen MR) is 94.4 cm³/mol. The Morgan fingerprint density at radius 3 is 2.74 bits per heavy atom. The normalized spacial score (nSPS) is 11.6. The molecule has 0 radical (unpaired) electrons. The third-order valence-corrected chi connectivity index (χ3v) is 4.62. The molecule has 12 heteroatoms. The van der Waals surface area contributed by atoms with Gasteiger partial charge >= 0.3 is 11.7 Å². The van der Waals surface area contributed by atoms with Crippen LogP contribution in [0.4, 0.5) is 24.7 Å². The van der Waals surface area contributed by atoms with Crippen LogP contribution in [0.3, 0.4) is 0 Å². The van der Waals surface area contributed by atoms with Gasteiger partial charge < -0.3 is 15.6 Å². The zero-order valence-corrected chi connectivity index (χ0v) is 14.9. The lowest BCUT2D eigenvalue weighted by atomic mass is 10.2. The highest BCUT2D eigenvalue weighted by Gasteiger charge is 2.33. The van der Waals surface area contributed by atoms with Crippen LogP contribution < -0.4 is 16.7 Å². The van der Waals surface area contributed by atoms with Crippen LogP contribution in [0.1, 0.15) is 11.3 Å². The number of anilines is 2. The number of thioether (sulfide) groups is 1. The van der Waals surface area contributed by atoms with Crippen LogP contribution in [-0.2, 0) is 11.9 Å². The number of hydrogen-bond donors (Lipinski definition) is 2. The van der Waals surface area contributed by atoms with E-state index in [1.54, 1.807) is 12.1 Å². The van der Waals surface area contributed by atoms with Crippen molar-refractivity contribution in [1.82, 2.24) is 14.9 Å². The van der Waals surface area contributed by atoms with E-state index in [9.17, 15) is 18.0 Å². The predicted octanol–water partition coefficient (Wildman–Crippen LogP) is 3.65. The fraction of sp³-hybridized carbons (Fsp3) is 0.133. The minimum absolute atomic E-state index is 0.0332. The molecule has 142 valence electrons. The molecule has 0 atom stereocenters. The smallest absolute Gasteiger partial charge is 0.417 e. The summed E-state index contributed by atoms with van der Waals surface area (Å²) in [5.74, 6) is 6.41. The highest BCUT2D eigenvalue weighted by Crippen LogP contribution is 2.36. The van der Waals surface area contributed by atoms with Crippen LogP contribution in [0.5, 0.6) is 0 Å². The summed E-state index contributed by atoms with van der Waals surface area (Å²) in [5, 5.41) is 9.67. The second-order valence-electron chi connectivity index (χ2n) is 5.19. The number of nitrogen functional groups attached to an aromatic ring is 1. The van der Waals surface area contributed by atoms with Crippen molar-refractivity contribution in [2.45, 2.75) is 17.1 Å². The van der Waals surface area contributed by atoms with Crippen molar-refractivity contribution < 1.29 is 17.6 Å².